The van der Waals surface area contributed by atoms with Crippen molar-refractivity contribution in [2.75, 3.05) is 13.1 Å². The van der Waals surface area contributed by atoms with Gasteiger partial charge in [0, 0.05) is 25.7 Å². The van der Waals surface area contributed by atoms with E-state index in [-0.39, 0.29) is 5.84 Å². The summed E-state index contributed by atoms with van der Waals surface area (Å²) in [4.78, 5) is 6.49. The minimum atomic E-state index is 0.245. The van der Waals surface area contributed by atoms with Gasteiger partial charge in [-0.2, -0.15) is 0 Å². The SMILES string of the molecule is CCN(CCC(=N)N)Cc1ccccn1. The highest BCUT2D eigenvalue weighted by Gasteiger charge is 2.04. The van der Waals surface area contributed by atoms with Gasteiger partial charge in [-0.25, -0.2) is 0 Å². The minimum absolute atomic E-state index is 0.245. The Morgan fingerprint density at radius 2 is 2.33 bits per heavy atom. The Hall–Kier alpha value is -1.42. The zero-order valence-electron chi connectivity index (χ0n) is 9.11. The highest BCUT2D eigenvalue weighted by Crippen LogP contribution is 2.01. The topological polar surface area (TPSA) is 66.0 Å². The first-order chi connectivity index (χ1) is 7.22. The second-order valence-corrected chi connectivity index (χ2v) is 3.47. The average Bonchev–Trinajstić information content (AvgIpc) is 2.25. The number of pyridine rings is 1. The van der Waals surface area contributed by atoms with Crippen molar-refractivity contribution in [1.29, 1.82) is 5.41 Å². The number of hydrogen-bond donors (Lipinski definition) is 2. The van der Waals surface area contributed by atoms with Gasteiger partial charge < -0.3 is 5.73 Å². The van der Waals surface area contributed by atoms with Gasteiger partial charge in [-0.05, 0) is 18.7 Å². The Bertz CT molecular complexity index is 297. The van der Waals surface area contributed by atoms with Crippen LogP contribution in [0.2, 0.25) is 0 Å². The lowest BCUT2D eigenvalue weighted by Crippen LogP contribution is -2.27. The van der Waals surface area contributed by atoms with Crippen LogP contribution in [0.4, 0.5) is 0 Å². The molecule has 0 bridgehead atoms. The molecule has 0 radical (unpaired) electrons. The van der Waals surface area contributed by atoms with Gasteiger partial charge >= 0.3 is 0 Å². The molecule has 0 aliphatic rings. The fourth-order valence-corrected chi connectivity index (χ4v) is 1.35. The molecule has 0 saturated carbocycles. The molecule has 0 spiro atoms. The van der Waals surface area contributed by atoms with Crippen molar-refractivity contribution in [2.45, 2.75) is 19.9 Å². The molecule has 0 aliphatic heterocycles. The molecule has 1 aromatic heterocycles. The number of amidine groups is 1. The van der Waals surface area contributed by atoms with Gasteiger partial charge in [0.15, 0.2) is 0 Å². The van der Waals surface area contributed by atoms with Gasteiger partial charge in [0.05, 0.1) is 11.5 Å². The van der Waals surface area contributed by atoms with E-state index in [0.717, 1.165) is 25.3 Å². The first kappa shape index (κ1) is 11.7. The lowest BCUT2D eigenvalue weighted by atomic mass is 10.3. The van der Waals surface area contributed by atoms with E-state index in [1.54, 1.807) is 6.20 Å². The number of aromatic nitrogens is 1. The first-order valence-corrected chi connectivity index (χ1v) is 5.17. The third-order valence-electron chi connectivity index (χ3n) is 2.26. The van der Waals surface area contributed by atoms with Crippen LogP contribution in [-0.2, 0) is 6.54 Å². The summed E-state index contributed by atoms with van der Waals surface area (Å²) in [6.07, 6.45) is 2.43. The van der Waals surface area contributed by atoms with Crippen molar-refractivity contribution < 1.29 is 0 Å². The molecule has 82 valence electrons. The maximum atomic E-state index is 7.18. The summed E-state index contributed by atoms with van der Waals surface area (Å²) >= 11 is 0. The molecule has 0 unspecified atom stereocenters. The summed E-state index contributed by atoms with van der Waals surface area (Å²) in [7, 11) is 0. The molecule has 1 heterocycles. The summed E-state index contributed by atoms with van der Waals surface area (Å²) in [5.41, 5.74) is 6.39. The lowest BCUT2D eigenvalue weighted by Gasteiger charge is -2.19. The normalized spacial score (nSPS) is 10.5. The minimum Gasteiger partial charge on any atom is -0.388 e. The highest BCUT2D eigenvalue weighted by molar-refractivity contribution is 5.76. The van der Waals surface area contributed by atoms with E-state index in [1.807, 2.05) is 18.2 Å². The first-order valence-electron chi connectivity index (χ1n) is 5.17. The largest absolute Gasteiger partial charge is 0.388 e. The van der Waals surface area contributed by atoms with Crippen molar-refractivity contribution in [1.82, 2.24) is 9.88 Å². The molecular weight excluding hydrogens is 188 g/mol. The molecule has 0 saturated heterocycles. The maximum absolute atomic E-state index is 7.18. The van der Waals surface area contributed by atoms with Crippen LogP contribution in [0.15, 0.2) is 24.4 Å². The predicted octanol–water partition coefficient (Wildman–Crippen LogP) is 1.23. The van der Waals surface area contributed by atoms with Crippen molar-refractivity contribution in [3.05, 3.63) is 30.1 Å². The molecule has 0 atom stereocenters. The van der Waals surface area contributed by atoms with Crippen molar-refractivity contribution >= 4 is 5.84 Å². The van der Waals surface area contributed by atoms with E-state index in [2.05, 4.69) is 16.8 Å². The van der Waals surface area contributed by atoms with Gasteiger partial charge in [-0.3, -0.25) is 15.3 Å². The van der Waals surface area contributed by atoms with Crippen LogP contribution in [-0.4, -0.2) is 28.8 Å². The standard InChI is InChI=1S/C11H18N4/c1-2-15(8-6-11(12)13)9-10-5-3-4-7-14-10/h3-5,7H,2,6,8-9H2,1H3,(H3,12,13). The van der Waals surface area contributed by atoms with Gasteiger partial charge in [-0.15, -0.1) is 0 Å². The molecule has 0 fully saturated rings. The van der Waals surface area contributed by atoms with Gasteiger partial charge in [0.25, 0.3) is 0 Å². The van der Waals surface area contributed by atoms with Crippen molar-refractivity contribution in [3.8, 4) is 0 Å². The summed E-state index contributed by atoms with van der Waals surface area (Å²) in [6, 6.07) is 5.91. The number of rotatable bonds is 6. The molecular formula is C11H18N4. The van der Waals surface area contributed by atoms with E-state index in [9.17, 15) is 0 Å². The van der Waals surface area contributed by atoms with Crippen molar-refractivity contribution in [2.24, 2.45) is 5.73 Å². The Balaban J connectivity index is 2.43. The fraction of sp³-hybridized carbons (Fsp3) is 0.455. The van der Waals surface area contributed by atoms with E-state index < -0.39 is 0 Å². The Labute approximate surface area is 90.6 Å². The number of nitrogens with zero attached hydrogens (tertiary/aromatic N) is 2. The molecule has 3 N–H and O–H groups in total. The average molecular weight is 206 g/mol. The molecule has 4 heteroatoms. The van der Waals surface area contributed by atoms with Crippen LogP contribution in [0.5, 0.6) is 0 Å². The van der Waals surface area contributed by atoms with Gasteiger partial charge in [0.2, 0.25) is 0 Å². The maximum Gasteiger partial charge on any atom is 0.0918 e. The Kier molecular flexibility index (Phi) is 4.77. The second-order valence-electron chi connectivity index (χ2n) is 3.47. The number of hydrogen-bond acceptors (Lipinski definition) is 3. The van der Waals surface area contributed by atoms with E-state index in [1.165, 1.54) is 0 Å². The Morgan fingerprint density at radius 3 is 2.87 bits per heavy atom. The van der Waals surface area contributed by atoms with Crippen molar-refractivity contribution in [3.63, 3.8) is 0 Å². The smallest absolute Gasteiger partial charge is 0.0918 e. The van der Waals surface area contributed by atoms with E-state index in [0.29, 0.717) is 6.42 Å². The third kappa shape index (κ3) is 4.56. The monoisotopic (exact) mass is 206 g/mol. The zero-order chi connectivity index (χ0) is 11.1. The quantitative estimate of drug-likeness (QED) is 0.543. The third-order valence-corrected chi connectivity index (χ3v) is 2.26. The van der Waals surface area contributed by atoms with E-state index >= 15 is 0 Å². The second kappa shape index (κ2) is 6.14. The van der Waals surface area contributed by atoms with Gasteiger partial charge in [-0.1, -0.05) is 13.0 Å². The summed E-state index contributed by atoms with van der Waals surface area (Å²) in [6.45, 7) is 4.69. The predicted molar refractivity (Wildman–Crippen MR) is 61.7 cm³/mol. The summed E-state index contributed by atoms with van der Waals surface area (Å²) in [5, 5.41) is 7.18. The number of nitrogens with two attached hydrogens (primary N) is 1. The molecule has 0 amide bonds. The van der Waals surface area contributed by atoms with E-state index in [4.69, 9.17) is 11.1 Å². The van der Waals surface area contributed by atoms with Crippen LogP contribution in [0.25, 0.3) is 0 Å². The summed E-state index contributed by atoms with van der Waals surface area (Å²) in [5.74, 6) is 0.245. The zero-order valence-corrected chi connectivity index (χ0v) is 9.11. The molecule has 0 aromatic carbocycles. The van der Waals surface area contributed by atoms with Crippen LogP contribution < -0.4 is 5.73 Å². The Morgan fingerprint density at radius 1 is 1.53 bits per heavy atom. The molecule has 15 heavy (non-hydrogen) atoms. The molecule has 0 aliphatic carbocycles. The molecule has 1 rings (SSSR count). The lowest BCUT2D eigenvalue weighted by molar-refractivity contribution is 0.284. The molecule has 1 aromatic rings. The molecule has 4 nitrogen and oxygen atoms in total. The van der Waals surface area contributed by atoms with Gasteiger partial charge in [0.1, 0.15) is 0 Å². The van der Waals surface area contributed by atoms with Crippen LogP contribution in [0, 0.1) is 5.41 Å². The highest BCUT2D eigenvalue weighted by atomic mass is 15.1. The van der Waals surface area contributed by atoms with Crippen LogP contribution in [0.1, 0.15) is 19.0 Å². The fourth-order valence-electron chi connectivity index (χ4n) is 1.35. The summed E-state index contributed by atoms with van der Waals surface area (Å²) < 4.78 is 0. The van der Waals surface area contributed by atoms with Crippen LogP contribution >= 0.6 is 0 Å². The van der Waals surface area contributed by atoms with Crippen LogP contribution in [0.3, 0.4) is 0 Å². The number of nitrogens with one attached hydrogen (secondary N) is 1.